The Morgan fingerprint density at radius 2 is 1.51 bits per heavy atom. The second-order valence-corrected chi connectivity index (χ2v) is 8.90. The van der Waals surface area contributed by atoms with Crippen LogP contribution in [0.4, 0.5) is 17.6 Å². The average Bonchev–Trinajstić information content (AvgIpc) is 3.03. The van der Waals surface area contributed by atoms with E-state index in [0.29, 0.717) is 5.56 Å². The summed E-state index contributed by atoms with van der Waals surface area (Å²) in [6.45, 7) is 1.30. The van der Waals surface area contributed by atoms with Crippen molar-refractivity contribution in [2.24, 2.45) is 0 Å². The summed E-state index contributed by atoms with van der Waals surface area (Å²) in [5, 5.41) is 0.220. The highest BCUT2D eigenvalue weighted by Crippen LogP contribution is 2.39. The first-order valence-electron chi connectivity index (χ1n) is 10.4. The fourth-order valence-corrected chi connectivity index (χ4v) is 4.31. The standard InChI is InChI=1S/C26H17Cl2F4NO2/c1-14-21(27)11-17(12-22(14)28)20(26(30,31)32)9-7-15-6-8-16(23(29)10-15)13-33-24(34)18-4-2-3-5-19(18)25(33)35/h2-12,20H,13H2,1H3/b9-7+. The van der Waals surface area contributed by atoms with Crippen molar-refractivity contribution in [2.75, 3.05) is 0 Å². The molecule has 0 radical (unpaired) electrons. The molecule has 0 saturated heterocycles. The third-order valence-electron chi connectivity index (χ3n) is 5.78. The number of imide groups is 1. The number of nitrogens with zero attached hydrogens (tertiary/aromatic N) is 1. The molecule has 3 nitrogen and oxygen atoms in total. The van der Waals surface area contributed by atoms with E-state index >= 15 is 0 Å². The summed E-state index contributed by atoms with van der Waals surface area (Å²) in [6, 6.07) is 12.5. The van der Waals surface area contributed by atoms with E-state index in [1.807, 2.05) is 0 Å². The van der Waals surface area contributed by atoms with Crippen molar-refractivity contribution in [1.82, 2.24) is 4.90 Å². The number of rotatable bonds is 5. The largest absolute Gasteiger partial charge is 0.399 e. The number of hydrogen-bond acceptors (Lipinski definition) is 2. The van der Waals surface area contributed by atoms with Crippen LogP contribution >= 0.6 is 23.2 Å². The SMILES string of the molecule is Cc1c(Cl)cc(C(/C=C/c2ccc(CN3C(=O)c4ccccc4C3=O)c(F)c2)C(F)(F)F)cc1Cl. The minimum atomic E-state index is -4.64. The number of fused-ring (bicyclic) bond motifs is 1. The van der Waals surface area contributed by atoms with Gasteiger partial charge in [0.15, 0.2) is 0 Å². The number of carbonyl (C=O) groups is 2. The highest BCUT2D eigenvalue weighted by molar-refractivity contribution is 6.36. The molecule has 1 unspecified atom stereocenters. The van der Waals surface area contributed by atoms with Crippen molar-refractivity contribution in [3.05, 3.63) is 110 Å². The van der Waals surface area contributed by atoms with E-state index in [0.717, 1.165) is 23.1 Å². The molecule has 2 amide bonds. The lowest BCUT2D eigenvalue weighted by atomic mass is 9.96. The van der Waals surface area contributed by atoms with Crippen LogP contribution in [0.3, 0.4) is 0 Å². The van der Waals surface area contributed by atoms with Gasteiger partial charge in [0.1, 0.15) is 5.82 Å². The van der Waals surface area contributed by atoms with Crippen molar-refractivity contribution in [2.45, 2.75) is 25.6 Å². The van der Waals surface area contributed by atoms with Crippen LogP contribution in [0.15, 0.2) is 60.7 Å². The molecule has 1 aliphatic heterocycles. The van der Waals surface area contributed by atoms with Gasteiger partial charge >= 0.3 is 6.18 Å². The van der Waals surface area contributed by atoms with Gasteiger partial charge in [-0.25, -0.2) is 4.39 Å². The third-order valence-corrected chi connectivity index (χ3v) is 6.57. The third kappa shape index (κ3) is 4.97. The Hall–Kier alpha value is -3.16. The highest BCUT2D eigenvalue weighted by Gasteiger charge is 2.39. The lowest BCUT2D eigenvalue weighted by Crippen LogP contribution is -2.29. The molecule has 9 heteroatoms. The van der Waals surface area contributed by atoms with Crippen LogP contribution in [-0.4, -0.2) is 22.9 Å². The summed E-state index contributed by atoms with van der Waals surface area (Å²) in [7, 11) is 0. The zero-order valence-electron chi connectivity index (χ0n) is 18.2. The molecule has 0 fully saturated rings. The van der Waals surface area contributed by atoms with E-state index in [1.54, 1.807) is 19.1 Å². The lowest BCUT2D eigenvalue weighted by Gasteiger charge is -2.19. The molecule has 1 heterocycles. The summed E-state index contributed by atoms with van der Waals surface area (Å²) in [4.78, 5) is 26.0. The molecular weight excluding hydrogens is 505 g/mol. The van der Waals surface area contributed by atoms with Gasteiger partial charge in [0.05, 0.1) is 23.6 Å². The first kappa shape index (κ1) is 24.9. The number of carbonyl (C=O) groups excluding carboxylic acids is 2. The Morgan fingerprint density at radius 1 is 0.943 bits per heavy atom. The Morgan fingerprint density at radius 3 is 2.03 bits per heavy atom. The minimum Gasteiger partial charge on any atom is -0.270 e. The first-order chi connectivity index (χ1) is 16.5. The predicted molar refractivity (Wildman–Crippen MR) is 126 cm³/mol. The molecule has 1 atom stereocenters. The maximum atomic E-state index is 14.8. The summed E-state index contributed by atoms with van der Waals surface area (Å²) in [6.07, 6.45) is -2.59. The quantitative estimate of drug-likeness (QED) is 0.256. The van der Waals surface area contributed by atoms with Gasteiger partial charge in [-0.3, -0.25) is 14.5 Å². The second-order valence-electron chi connectivity index (χ2n) is 8.08. The lowest BCUT2D eigenvalue weighted by molar-refractivity contribution is -0.139. The van der Waals surface area contributed by atoms with Crippen LogP contribution in [0.5, 0.6) is 0 Å². The van der Waals surface area contributed by atoms with E-state index < -0.39 is 29.7 Å². The highest BCUT2D eigenvalue weighted by atomic mass is 35.5. The molecule has 0 aromatic heterocycles. The average molecular weight is 522 g/mol. The zero-order chi connectivity index (χ0) is 25.5. The van der Waals surface area contributed by atoms with Gasteiger partial charge in [0.2, 0.25) is 0 Å². The molecule has 4 rings (SSSR count). The summed E-state index contributed by atoms with van der Waals surface area (Å²) in [5.41, 5.74) is 1.04. The fourth-order valence-electron chi connectivity index (χ4n) is 3.81. The Bertz CT molecular complexity index is 1310. The normalized spacial score (nSPS) is 14.7. The number of halogens is 6. The fraction of sp³-hybridized carbons (Fsp3) is 0.154. The van der Waals surface area contributed by atoms with Gasteiger partial charge in [-0.1, -0.05) is 59.6 Å². The molecule has 180 valence electrons. The number of alkyl halides is 3. The molecule has 0 N–H and O–H groups in total. The van der Waals surface area contributed by atoms with Crippen molar-refractivity contribution >= 4 is 41.1 Å². The summed E-state index contributed by atoms with van der Waals surface area (Å²) in [5.74, 6) is -3.83. The van der Waals surface area contributed by atoms with Crippen molar-refractivity contribution < 1.29 is 27.2 Å². The summed E-state index contributed by atoms with van der Waals surface area (Å²) >= 11 is 12.0. The molecule has 0 saturated carbocycles. The van der Waals surface area contributed by atoms with Crippen LogP contribution in [0.1, 0.15) is 48.9 Å². The summed E-state index contributed by atoms with van der Waals surface area (Å²) < 4.78 is 56.0. The maximum absolute atomic E-state index is 14.8. The second kappa shape index (κ2) is 9.47. The Labute approximate surface area is 208 Å². The molecule has 35 heavy (non-hydrogen) atoms. The molecule has 3 aromatic carbocycles. The van der Waals surface area contributed by atoms with E-state index in [-0.39, 0.29) is 44.4 Å². The van der Waals surface area contributed by atoms with Crippen LogP contribution in [0.25, 0.3) is 6.08 Å². The Kier molecular flexibility index (Phi) is 6.75. The smallest absolute Gasteiger partial charge is 0.270 e. The van der Waals surface area contributed by atoms with Gasteiger partial charge in [-0.15, -0.1) is 0 Å². The van der Waals surface area contributed by atoms with Crippen molar-refractivity contribution in [3.8, 4) is 0 Å². The van der Waals surface area contributed by atoms with Gasteiger partial charge in [0, 0.05) is 15.6 Å². The van der Waals surface area contributed by atoms with Crippen LogP contribution in [0, 0.1) is 12.7 Å². The van der Waals surface area contributed by atoms with Gasteiger partial charge in [-0.2, -0.15) is 13.2 Å². The Balaban J connectivity index is 1.57. The molecule has 0 spiro atoms. The number of amides is 2. The van der Waals surface area contributed by atoms with Crippen molar-refractivity contribution in [3.63, 3.8) is 0 Å². The number of allylic oxidation sites excluding steroid dienone is 1. The number of hydrogen-bond donors (Lipinski definition) is 0. The molecular formula is C26H17Cl2F4NO2. The molecule has 0 bridgehead atoms. The van der Waals surface area contributed by atoms with Crippen LogP contribution in [-0.2, 0) is 6.54 Å². The first-order valence-corrected chi connectivity index (χ1v) is 11.2. The van der Waals surface area contributed by atoms with E-state index in [9.17, 15) is 27.2 Å². The van der Waals surface area contributed by atoms with E-state index in [2.05, 4.69) is 0 Å². The maximum Gasteiger partial charge on any atom is 0.399 e. The molecule has 0 aliphatic carbocycles. The van der Waals surface area contributed by atoms with Crippen LogP contribution in [0.2, 0.25) is 10.0 Å². The molecule has 1 aliphatic rings. The molecule has 3 aromatic rings. The van der Waals surface area contributed by atoms with Gasteiger partial charge in [-0.05, 0) is 53.9 Å². The predicted octanol–water partition coefficient (Wildman–Crippen LogP) is 7.60. The van der Waals surface area contributed by atoms with Gasteiger partial charge in [0.25, 0.3) is 11.8 Å². The van der Waals surface area contributed by atoms with E-state index in [1.165, 1.54) is 36.4 Å². The zero-order valence-corrected chi connectivity index (χ0v) is 19.7. The minimum absolute atomic E-state index is 0.0566. The van der Waals surface area contributed by atoms with Crippen molar-refractivity contribution in [1.29, 1.82) is 0 Å². The van der Waals surface area contributed by atoms with Gasteiger partial charge < -0.3 is 0 Å². The topological polar surface area (TPSA) is 37.4 Å². The number of benzene rings is 3. The monoisotopic (exact) mass is 521 g/mol. The van der Waals surface area contributed by atoms with Crippen LogP contribution < -0.4 is 0 Å². The van der Waals surface area contributed by atoms with E-state index in [4.69, 9.17) is 23.2 Å².